The van der Waals surface area contributed by atoms with Crippen molar-refractivity contribution in [3.63, 3.8) is 0 Å². The molecule has 0 spiro atoms. The maximum Gasteiger partial charge on any atom is 0.285 e. The number of rotatable bonds is 3. The topological polar surface area (TPSA) is 95.7 Å². The van der Waals surface area contributed by atoms with Gasteiger partial charge in [-0.1, -0.05) is 12.1 Å². The normalized spacial score (nSPS) is 21.8. The molecule has 1 aromatic rings. The number of likely N-dealkylation sites (N-methyl/N-ethyl adjacent to an activating group) is 1. The second-order valence-electron chi connectivity index (χ2n) is 4.94. The molecule has 2 N–H and O–H groups in total. The largest absolute Gasteiger partial charge is 0.390 e. The Balaban J connectivity index is 2.34. The lowest BCUT2D eigenvalue weighted by Crippen LogP contribution is -2.44. The third kappa shape index (κ3) is 2.50. The number of carbonyl (C=O) groups excluding carboxylic acids is 1. The van der Waals surface area contributed by atoms with Crippen molar-refractivity contribution in [1.29, 1.82) is 0 Å². The SMILES string of the molecule is Cc1cccc(C(=O)N(C)[C@@H]2CNC[C@H]2O)c1[N+](=O)[O-]. The Bertz CT molecular complexity index is 546. The maximum absolute atomic E-state index is 12.4. The van der Waals surface area contributed by atoms with Gasteiger partial charge in [-0.05, 0) is 13.0 Å². The van der Waals surface area contributed by atoms with Gasteiger partial charge in [-0.3, -0.25) is 14.9 Å². The lowest BCUT2D eigenvalue weighted by Gasteiger charge is -2.26. The minimum Gasteiger partial charge on any atom is -0.390 e. The highest BCUT2D eigenvalue weighted by atomic mass is 16.6. The van der Waals surface area contributed by atoms with Gasteiger partial charge in [-0.2, -0.15) is 0 Å². The minimum absolute atomic E-state index is 0.0524. The first-order chi connectivity index (χ1) is 9.43. The number of carbonyl (C=O) groups is 1. The number of β-amino-alcohol motifs (C(OH)–C–C–N with tert-alkyl or cyclic N) is 1. The van der Waals surface area contributed by atoms with Crippen molar-refractivity contribution in [2.24, 2.45) is 0 Å². The second kappa shape index (κ2) is 5.56. The average Bonchev–Trinajstić information content (AvgIpc) is 2.82. The first-order valence-corrected chi connectivity index (χ1v) is 6.33. The molecular weight excluding hydrogens is 262 g/mol. The molecule has 0 saturated carbocycles. The molecule has 2 rings (SSSR count). The van der Waals surface area contributed by atoms with Gasteiger partial charge in [0.2, 0.25) is 0 Å². The van der Waals surface area contributed by atoms with E-state index in [1.807, 2.05) is 0 Å². The van der Waals surface area contributed by atoms with E-state index in [0.29, 0.717) is 18.7 Å². The molecular formula is C13H17N3O4. The molecule has 0 aromatic heterocycles. The highest BCUT2D eigenvalue weighted by molar-refractivity contribution is 5.98. The predicted molar refractivity (Wildman–Crippen MR) is 72.6 cm³/mol. The number of nitrogens with one attached hydrogen (secondary N) is 1. The van der Waals surface area contributed by atoms with Gasteiger partial charge in [0, 0.05) is 25.7 Å². The monoisotopic (exact) mass is 279 g/mol. The van der Waals surface area contributed by atoms with Crippen molar-refractivity contribution in [3.05, 3.63) is 39.4 Å². The highest BCUT2D eigenvalue weighted by Crippen LogP contribution is 2.25. The van der Waals surface area contributed by atoms with Crippen molar-refractivity contribution < 1.29 is 14.8 Å². The summed E-state index contributed by atoms with van der Waals surface area (Å²) in [6.07, 6.45) is -0.659. The summed E-state index contributed by atoms with van der Waals surface area (Å²) >= 11 is 0. The van der Waals surface area contributed by atoms with E-state index in [9.17, 15) is 20.0 Å². The second-order valence-corrected chi connectivity index (χ2v) is 4.94. The molecule has 0 radical (unpaired) electrons. The summed E-state index contributed by atoms with van der Waals surface area (Å²) in [6.45, 7) is 2.49. The predicted octanol–water partition coefficient (Wildman–Crippen LogP) is 0.308. The number of hydrogen-bond acceptors (Lipinski definition) is 5. The molecule has 0 unspecified atom stereocenters. The average molecular weight is 279 g/mol. The third-order valence-electron chi connectivity index (χ3n) is 3.62. The molecule has 1 aliphatic heterocycles. The highest BCUT2D eigenvalue weighted by Gasteiger charge is 2.34. The van der Waals surface area contributed by atoms with Crippen LogP contribution in [0.15, 0.2) is 18.2 Å². The first kappa shape index (κ1) is 14.4. The van der Waals surface area contributed by atoms with Crippen LogP contribution in [0.1, 0.15) is 15.9 Å². The van der Waals surface area contributed by atoms with Gasteiger partial charge in [0.25, 0.3) is 11.6 Å². The van der Waals surface area contributed by atoms with Crippen molar-refractivity contribution in [2.75, 3.05) is 20.1 Å². The molecule has 1 fully saturated rings. The van der Waals surface area contributed by atoms with Crippen LogP contribution in [-0.4, -0.2) is 53.1 Å². The molecule has 0 bridgehead atoms. The molecule has 1 aromatic carbocycles. The zero-order valence-corrected chi connectivity index (χ0v) is 11.4. The smallest absolute Gasteiger partial charge is 0.285 e. The number of aliphatic hydroxyl groups is 1. The van der Waals surface area contributed by atoms with Gasteiger partial charge in [-0.25, -0.2) is 0 Å². The summed E-state index contributed by atoms with van der Waals surface area (Å²) in [4.78, 5) is 24.4. The van der Waals surface area contributed by atoms with E-state index in [0.717, 1.165) is 0 Å². The third-order valence-corrected chi connectivity index (χ3v) is 3.62. The Labute approximate surface area is 116 Å². The number of benzene rings is 1. The van der Waals surface area contributed by atoms with Gasteiger partial charge in [0.1, 0.15) is 5.56 Å². The number of aliphatic hydroxyl groups excluding tert-OH is 1. The van der Waals surface area contributed by atoms with E-state index in [1.165, 1.54) is 11.0 Å². The van der Waals surface area contributed by atoms with E-state index in [2.05, 4.69) is 5.32 Å². The van der Waals surface area contributed by atoms with Crippen LogP contribution in [0.2, 0.25) is 0 Å². The number of amides is 1. The van der Waals surface area contributed by atoms with E-state index in [1.54, 1.807) is 26.1 Å². The number of nitrogens with zero attached hydrogens (tertiary/aromatic N) is 2. The molecule has 7 nitrogen and oxygen atoms in total. The first-order valence-electron chi connectivity index (χ1n) is 6.33. The molecule has 1 amide bonds. The Morgan fingerprint density at radius 3 is 2.75 bits per heavy atom. The van der Waals surface area contributed by atoms with Gasteiger partial charge in [0.15, 0.2) is 0 Å². The summed E-state index contributed by atoms with van der Waals surface area (Å²) in [5.74, 6) is -0.451. The summed E-state index contributed by atoms with van der Waals surface area (Å²) < 4.78 is 0. The number of aryl methyl sites for hydroxylation is 1. The molecule has 7 heteroatoms. The van der Waals surface area contributed by atoms with Crippen LogP contribution in [0, 0.1) is 17.0 Å². The molecule has 20 heavy (non-hydrogen) atoms. The quantitative estimate of drug-likeness (QED) is 0.613. The zero-order valence-electron chi connectivity index (χ0n) is 11.4. The maximum atomic E-state index is 12.4. The number of hydrogen-bond donors (Lipinski definition) is 2. The number of nitro groups is 1. The molecule has 0 aliphatic carbocycles. The lowest BCUT2D eigenvalue weighted by molar-refractivity contribution is -0.385. The summed E-state index contributed by atoms with van der Waals surface area (Å²) in [5, 5.41) is 23.9. The van der Waals surface area contributed by atoms with E-state index in [4.69, 9.17) is 0 Å². The van der Waals surface area contributed by atoms with Gasteiger partial charge < -0.3 is 15.3 Å². The molecule has 2 atom stereocenters. The van der Waals surface area contributed by atoms with Crippen LogP contribution in [0.4, 0.5) is 5.69 Å². The van der Waals surface area contributed by atoms with E-state index >= 15 is 0 Å². The lowest BCUT2D eigenvalue weighted by atomic mass is 10.1. The fraction of sp³-hybridized carbons (Fsp3) is 0.462. The Hall–Kier alpha value is -1.99. The molecule has 108 valence electrons. The summed E-state index contributed by atoms with van der Waals surface area (Å²) in [6, 6.07) is 4.29. The zero-order chi connectivity index (χ0) is 14.9. The fourth-order valence-corrected chi connectivity index (χ4v) is 2.46. The molecule has 1 aliphatic rings. The number of para-hydroxylation sites is 1. The summed E-state index contributed by atoms with van der Waals surface area (Å²) in [7, 11) is 1.55. The van der Waals surface area contributed by atoms with E-state index in [-0.39, 0.29) is 17.3 Å². The van der Waals surface area contributed by atoms with Crippen molar-refractivity contribution in [3.8, 4) is 0 Å². The standard InChI is InChI=1S/C13H17N3O4/c1-8-4-3-5-9(12(8)16(19)20)13(18)15(2)10-6-14-7-11(10)17/h3-5,10-11,14,17H,6-7H2,1-2H3/t10-,11-/m1/s1. The van der Waals surface area contributed by atoms with E-state index < -0.39 is 16.9 Å². The Morgan fingerprint density at radius 1 is 1.50 bits per heavy atom. The van der Waals surface area contributed by atoms with Crippen LogP contribution in [0.25, 0.3) is 0 Å². The van der Waals surface area contributed by atoms with Crippen molar-refractivity contribution >= 4 is 11.6 Å². The Kier molecular flexibility index (Phi) is 4.01. The Morgan fingerprint density at radius 2 is 2.20 bits per heavy atom. The van der Waals surface area contributed by atoms with Gasteiger partial charge in [0.05, 0.1) is 17.1 Å². The van der Waals surface area contributed by atoms with Crippen LogP contribution in [-0.2, 0) is 0 Å². The molecule has 1 saturated heterocycles. The van der Waals surface area contributed by atoms with Crippen LogP contribution in [0.3, 0.4) is 0 Å². The minimum atomic E-state index is -0.659. The fourth-order valence-electron chi connectivity index (χ4n) is 2.46. The van der Waals surface area contributed by atoms with Crippen LogP contribution < -0.4 is 5.32 Å². The number of nitro benzene ring substituents is 1. The summed E-state index contributed by atoms with van der Waals surface area (Å²) in [5.41, 5.74) is 0.320. The van der Waals surface area contributed by atoms with Crippen molar-refractivity contribution in [2.45, 2.75) is 19.1 Å². The van der Waals surface area contributed by atoms with Gasteiger partial charge >= 0.3 is 0 Å². The van der Waals surface area contributed by atoms with Crippen LogP contribution >= 0.6 is 0 Å². The molecule has 1 heterocycles. The van der Waals surface area contributed by atoms with Crippen LogP contribution in [0.5, 0.6) is 0 Å². The van der Waals surface area contributed by atoms with Crippen molar-refractivity contribution in [1.82, 2.24) is 10.2 Å². The van der Waals surface area contributed by atoms with Gasteiger partial charge in [-0.15, -0.1) is 0 Å².